The van der Waals surface area contributed by atoms with Crippen LogP contribution in [0.5, 0.6) is 0 Å². The van der Waals surface area contributed by atoms with Gasteiger partial charge in [-0.1, -0.05) is 17.7 Å². The first kappa shape index (κ1) is 15.9. The standard InChI is InChI=1S/C15H21ClN4O/c1-17-14(7-6-12-5-3-4-8-18-12)15-13(16)11-19-20(15)9-10-21-2/h3-5,8,11,14,17H,6-7,9-10H2,1-2H3. The van der Waals surface area contributed by atoms with Crippen molar-refractivity contribution in [2.45, 2.75) is 25.4 Å². The van der Waals surface area contributed by atoms with Gasteiger partial charge in [0, 0.05) is 19.0 Å². The number of halogens is 1. The lowest BCUT2D eigenvalue weighted by molar-refractivity contribution is 0.181. The quantitative estimate of drug-likeness (QED) is 0.814. The first-order valence-corrected chi connectivity index (χ1v) is 7.41. The Kier molecular flexibility index (Phi) is 6.17. The highest BCUT2D eigenvalue weighted by molar-refractivity contribution is 6.31. The molecule has 0 radical (unpaired) electrons. The molecule has 0 bridgehead atoms. The molecule has 0 aliphatic rings. The van der Waals surface area contributed by atoms with Gasteiger partial charge in [-0.05, 0) is 32.0 Å². The Morgan fingerprint density at radius 1 is 1.43 bits per heavy atom. The second-order valence-electron chi connectivity index (χ2n) is 4.79. The molecule has 0 amide bonds. The molecular formula is C15H21ClN4O. The summed E-state index contributed by atoms with van der Waals surface area (Å²) < 4.78 is 7.03. The van der Waals surface area contributed by atoms with E-state index in [1.54, 1.807) is 13.3 Å². The van der Waals surface area contributed by atoms with E-state index in [1.807, 2.05) is 36.1 Å². The van der Waals surface area contributed by atoms with E-state index in [0.717, 1.165) is 24.2 Å². The van der Waals surface area contributed by atoms with E-state index in [0.29, 0.717) is 18.2 Å². The fourth-order valence-electron chi connectivity index (χ4n) is 2.33. The molecule has 1 unspecified atom stereocenters. The molecule has 0 saturated heterocycles. The van der Waals surface area contributed by atoms with Gasteiger partial charge >= 0.3 is 0 Å². The van der Waals surface area contributed by atoms with Gasteiger partial charge in [0.2, 0.25) is 0 Å². The number of nitrogens with one attached hydrogen (secondary N) is 1. The largest absolute Gasteiger partial charge is 0.383 e. The van der Waals surface area contributed by atoms with Crippen LogP contribution in [0, 0.1) is 0 Å². The Morgan fingerprint density at radius 3 is 2.95 bits per heavy atom. The summed E-state index contributed by atoms with van der Waals surface area (Å²) >= 11 is 6.30. The Bertz CT molecular complexity index is 544. The third kappa shape index (κ3) is 4.27. The van der Waals surface area contributed by atoms with Gasteiger partial charge in [0.15, 0.2) is 0 Å². The van der Waals surface area contributed by atoms with Crippen molar-refractivity contribution in [1.29, 1.82) is 0 Å². The SMILES string of the molecule is CNC(CCc1ccccn1)c1c(Cl)cnn1CCOC. The average Bonchev–Trinajstić information content (AvgIpc) is 2.88. The molecule has 0 aliphatic heterocycles. The second-order valence-corrected chi connectivity index (χ2v) is 5.20. The molecule has 0 fully saturated rings. The van der Waals surface area contributed by atoms with Gasteiger partial charge in [0.25, 0.3) is 0 Å². The van der Waals surface area contributed by atoms with Crippen molar-refractivity contribution in [2.75, 3.05) is 20.8 Å². The summed E-state index contributed by atoms with van der Waals surface area (Å²) in [5.74, 6) is 0. The highest BCUT2D eigenvalue weighted by Crippen LogP contribution is 2.26. The maximum Gasteiger partial charge on any atom is 0.0834 e. The second kappa shape index (κ2) is 8.12. The topological polar surface area (TPSA) is 52.0 Å². The van der Waals surface area contributed by atoms with Crippen LogP contribution in [0.2, 0.25) is 5.02 Å². The molecule has 1 N–H and O–H groups in total. The zero-order chi connectivity index (χ0) is 15.1. The van der Waals surface area contributed by atoms with Crippen LogP contribution < -0.4 is 5.32 Å². The molecule has 2 aromatic rings. The number of hydrogen-bond acceptors (Lipinski definition) is 4. The summed E-state index contributed by atoms with van der Waals surface area (Å²) in [6.07, 6.45) is 5.31. The van der Waals surface area contributed by atoms with Gasteiger partial charge in [0.05, 0.1) is 36.1 Å². The maximum atomic E-state index is 6.30. The number of pyridine rings is 1. The van der Waals surface area contributed by atoms with Crippen LogP contribution in [0.4, 0.5) is 0 Å². The fraction of sp³-hybridized carbons (Fsp3) is 0.467. The molecular weight excluding hydrogens is 288 g/mol. The van der Waals surface area contributed by atoms with E-state index in [2.05, 4.69) is 15.4 Å². The molecule has 6 heteroatoms. The molecule has 2 aromatic heterocycles. The van der Waals surface area contributed by atoms with E-state index in [4.69, 9.17) is 16.3 Å². The minimum atomic E-state index is 0.138. The van der Waals surface area contributed by atoms with Crippen molar-refractivity contribution in [1.82, 2.24) is 20.1 Å². The van der Waals surface area contributed by atoms with Crippen LogP contribution in [-0.4, -0.2) is 35.5 Å². The molecule has 0 aromatic carbocycles. The number of ether oxygens (including phenoxy) is 1. The van der Waals surface area contributed by atoms with Crippen molar-refractivity contribution >= 4 is 11.6 Å². The molecule has 21 heavy (non-hydrogen) atoms. The first-order chi connectivity index (χ1) is 10.3. The minimum absolute atomic E-state index is 0.138. The third-order valence-corrected chi connectivity index (χ3v) is 3.73. The number of aromatic nitrogens is 3. The van der Waals surface area contributed by atoms with Gasteiger partial charge in [-0.15, -0.1) is 0 Å². The van der Waals surface area contributed by atoms with Gasteiger partial charge in [-0.2, -0.15) is 5.10 Å². The van der Waals surface area contributed by atoms with E-state index in [9.17, 15) is 0 Å². The molecule has 0 aliphatic carbocycles. The predicted molar refractivity (Wildman–Crippen MR) is 83.5 cm³/mol. The third-order valence-electron chi connectivity index (χ3n) is 3.43. The molecule has 0 saturated carbocycles. The van der Waals surface area contributed by atoms with Crippen LogP contribution >= 0.6 is 11.6 Å². The summed E-state index contributed by atoms with van der Waals surface area (Å²) in [5.41, 5.74) is 2.09. The lowest BCUT2D eigenvalue weighted by atomic mass is 10.1. The normalized spacial score (nSPS) is 12.5. The zero-order valence-corrected chi connectivity index (χ0v) is 13.2. The number of nitrogens with zero attached hydrogens (tertiary/aromatic N) is 3. The lowest BCUT2D eigenvalue weighted by Crippen LogP contribution is -2.22. The van der Waals surface area contributed by atoms with Gasteiger partial charge < -0.3 is 10.1 Å². The number of aryl methyl sites for hydroxylation is 1. The molecule has 0 spiro atoms. The van der Waals surface area contributed by atoms with Gasteiger partial charge in [0.1, 0.15) is 0 Å². The minimum Gasteiger partial charge on any atom is -0.383 e. The highest BCUT2D eigenvalue weighted by Gasteiger charge is 2.19. The highest BCUT2D eigenvalue weighted by atomic mass is 35.5. The lowest BCUT2D eigenvalue weighted by Gasteiger charge is -2.18. The van der Waals surface area contributed by atoms with Crippen LogP contribution in [0.1, 0.15) is 23.9 Å². The van der Waals surface area contributed by atoms with Crippen molar-refractivity contribution in [3.63, 3.8) is 0 Å². The molecule has 1 atom stereocenters. The summed E-state index contributed by atoms with van der Waals surface area (Å²) in [4.78, 5) is 4.36. The smallest absolute Gasteiger partial charge is 0.0834 e. The molecule has 2 rings (SSSR count). The molecule has 2 heterocycles. The monoisotopic (exact) mass is 308 g/mol. The molecule has 114 valence electrons. The predicted octanol–water partition coefficient (Wildman–Crippen LogP) is 2.47. The zero-order valence-electron chi connectivity index (χ0n) is 12.4. The molecule has 5 nitrogen and oxygen atoms in total. The first-order valence-electron chi connectivity index (χ1n) is 7.03. The Balaban J connectivity index is 2.08. The Morgan fingerprint density at radius 2 is 2.29 bits per heavy atom. The fourth-order valence-corrected chi connectivity index (χ4v) is 2.60. The van der Waals surface area contributed by atoms with Crippen molar-refractivity contribution in [3.05, 3.63) is 47.0 Å². The van der Waals surface area contributed by atoms with E-state index < -0.39 is 0 Å². The van der Waals surface area contributed by atoms with Crippen LogP contribution in [0.3, 0.4) is 0 Å². The van der Waals surface area contributed by atoms with E-state index in [-0.39, 0.29) is 6.04 Å². The van der Waals surface area contributed by atoms with Crippen molar-refractivity contribution in [2.24, 2.45) is 0 Å². The van der Waals surface area contributed by atoms with E-state index in [1.165, 1.54) is 0 Å². The summed E-state index contributed by atoms with van der Waals surface area (Å²) in [6.45, 7) is 1.31. The van der Waals surface area contributed by atoms with Crippen LogP contribution in [-0.2, 0) is 17.7 Å². The van der Waals surface area contributed by atoms with Gasteiger partial charge in [-0.25, -0.2) is 0 Å². The number of methoxy groups -OCH3 is 1. The summed E-state index contributed by atoms with van der Waals surface area (Å²) in [7, 11) is 3.62. The Hall–Kier alpha value is -1.43. The summed E-state index contributed by atoms with van der Waals surface area (Å²) in [6, 6.07) is 6.11. The Labute approximate surface area is 130 Å². The van der Waals surface area contributed by atoms with E-state index >= 15 is 0 Å². The van der Waals surface area contributed by atoms with Crippen molar-refractivity contribution < 1.29 is 4.74 Å². The number of hydrogen-bond donors (Lipinski definition) is 1. The van der Waals surface area contributed by atoms with Crippen LogP contribution in [0.25, 0.3) is 0 Å². The van der Waals surface area contributed by atoms with Crippen LogP contribution in [0.15, 0.2) is 30.6 Å². The van der Waals surface area contributed by atoms with Gasteiger partial charge in [-0.3, -0.25) is 9.67 Å². The van der Waals surface area contributed by atoms with Crippen molar-refractivity contribution in [3.8, 4) is 0 Å². The number of rotatable bonds is 8. The summed E-state index contributed by atoms with van der Waals surface area (Å²) in [5, 5.41) is 8.33. The maximum absolute atomic E-state index is 6.30. The average molecular weight is 309 g/mol.